The van der Waals surface area contributed by atoms with Crippen LogP contribution in [0.1, 0.15) is 63.4 Å². The van der Waals surface area contributed by atoms with Crippen LogP contribution in [0.4, 0.5) is 0 Å². The molecule has 3 aromatic rings. The number of aromatic nitrogens is 2. The Morgan fingerprint density at radius 3 is 2.68 bits per heavy atom. The van der Waals surface area contributed by atoms with Gasteiger partial charge in [0.05, 0.1) is 23.7 Å². The van der Waals surface area contributed by atoms with E-state index in [-0.39, 0.29) is 11.9 Å². The first-order valence-electron chi connectivity index (χ1n) is 13.9. The number of ether oxygens (including phenoxy) is 3. The highest BCUT2D eigenvalue weighted by atomic mass is 16.5. The number of benzene rings is 2. The standard InChI is InChI=1S/C31H39N3O4/c1-5-28-27-16-22(7-10-29(27)34(32-28)21(3)4)19-37-26-9-8-25-15-23(20-38-30(25)17-26)18-33-13-11-24(12-14-33)31(35)36-6-2/h7-10,15-17,21,24H,5-6,11-14,18-20H2,1-4H3. The average Bonchev–Trinajstić information content (AvgIpc) is 3.31. The van der Waals surface area contributed by atoms with Crippen LogP contribution >= 0.6 is 0 Å². The topological polar surface area (TPSA) is 65.8 Å². The molecular formula is C31H39N3O4. The molecule has 0 atom stereocenters. The van der Waals surface area contributed by atoms with Crippen molar-refractivity contribution in [3.05, 3.63) is 58.8 Å². The van der Waals surface area contributed by atoms with Crippen LogP contribution in [0, 0.1) is 5.92 Å². The van der Waals surface area contributed by atoms with Gasteiger partial charge < -0.3 is 14.2 Å². The summed E-state index contributed by atoms with van der Waals surface area (Å²) in [4.78, 5) is 14.4. The molecule has 5 rings (SSSR count). The quantitative estimate of drug-likeness (QED) is 0.334. The van der Waals surface area contributed by atoms with Gasteiger partial charge in [-0.25, -0.2) is 0 Å². The van der Waals surface area contributed by atoms with E-state index in [0.29, 0.717) is 25.9 Å². The molecule has 1 saturated heterocycles. The van der Waals surface area contributed by atoms with E-state index in [1.165, 1.54) is 16.5 Å². The van der Waals surface area contributed by atoms with Gasteiger partial charge >= 0.3 is 5.97 Å². The number of nitrogens with zero attached hydrogens (tertiary/aromatic N) is 3. The van der Waals surface area contributed by atoms with Crippen molar-refractivity contribution >= 4 is 22.9 Å². The van der Waals surface area contributed by atoms with Crippen molar-refractivity contribution in [1.29, 1.82) is 0 Å². The Bertz CT molecular complexity index is 1320. The van der Waals surface area contributed by atoms with Crippen LogP contribution in [0.15, 0.2) is 42.0 Å². The summed E-state index contributed by atoms with van der Waals surface area (Å²) in [5.74, 6) is 1.65. The minimum absolute atomic E-state index is 0.0373. The average molecular weight is 518 g/mol. The van der Waals surface area contributed by atoms with Crippen LogP contribution in [-0.2, 0) is 22.6 Å². The first-order chi connectivity index (χ1) is 18.4. The second kappa shape index (κ2) is 11.6. The predicted octanol–water partition coefficient (Wildman–Crippen LogP) is 5.81. The van der Waals surface area contributed by atoms with E-state index < -0.39 is 0 Å². The van der Waals surface area contributed by atoms with Gasteiger partial charge in [0, 0.05) is 29.6 Å². The van der Waals surface area contributed by atoms with E-state index in [4.69, 9.17) is 19.3 Å². The molecule has 2 aromatic carbocycles. The van der Waals surface area contributed by atoms with E-state index in [9.17, 15) is 4.79 Å². The zero-order chi connectivity index (χ0) is 26.6. The number of piperidine rings is 1. The highest BCUT2D eigenvalue weighted by Crippen LogP contribution is 2.32. The van der Waals surface area contributed by atoms with E-state index >= 15 is 0 Å². The van der Waals surface area contributed by atoms with Crippen LogP contribution in [0.25, 0.3) is 17.0 Å². The number of carbonyl (C=O) groups excluding carboxylic acids is 1. The summed E-state index contributed by atoms with van der Waals surface area (Å²) in [5.41, 5.74) is 5.76. The molecule has 3 heterocycles. The minimum atomic E-state index is -0.0483. The van der Waals surface area contributed by atoms with Crippen molar-refractivity contribution in [1.82, 2.24) is 14.7 Å². The summed E-state index contributed by atoms with van der Waals surface area (Å²) in [7, 11) is 0. The molecule has 7 heteroatoms. The monoisotopic (exact) mass is 517 g/mol. The fourth-order valence-corrected chi connectivity index (χ4v) is 5.41. The van der Waals surface area contributed by atoms with Crippen LogP contribution < -0.4 is 9.47 Å². The lowest BCUT2D eigenvalue weighted by atomic mass is 9.96. The molecule has 1 aromatic heterocycles. The van der Waals surface area contributed by atoms with Gasteiger partial charge in [0.1, 0.15) is 24.7 Å². The third kappa shape index (κ3) is 5.73. The largest absolute Gasteiger partial charge is 0.489 e. The zero-order valence-corrected chi connectivity index (χ0v) is 23.0. The fraction of sp³-hybridized carbons (Fsp3) is 0.484. The van der Waals surface area contributed by atoms with Gasteiger partial charge in [0.2, 0.25) is 0 Å². The Labute approximate surface area is 225 Å². The minimum Gasteiger partial charge on any atom is -0.489 e. The molecule has 0 bridgehead atoms. The highest BCUT2D eigenvalue weighted by Gasteiger charge is 2.26. The molecule has 0 amide bonds. The van der Waals surface area contributed by atoms with Gasteiger partial charge in [-0.1, -0.05) is 13.0 Å². The Hall–Kier alpha value is -3.32. The maximum absolute atomic E-state index is 12.0. The first kappa shape index (κ1) is 26.3. The number of rotatable bonds is 9. The molecule has 7 nitrogen and oxygen atoms in total. The maximum Gasteiger partial charge on any atom is 0.309 e. The van der Waals surface area contributed by atoms with Crippen molar-refractivity contribution in [3.8, 4) is 11.5 Å². The van der Waals surface area contributed by atoms with Crippen LogP contribution in [0.5, 0.6) is 11.5 Å². The molecule has 0 unspecified atom stereocenters. The van der Waals surface area contributed by atoms with Crippen molar-refractivity contribution in [2.75, 3.05) is 32.8 Å². The predicted molar refractivity (Wildman–Crippen MR) is 150 cm³/mol. The van der Waals surface area contributed by atoms with Gasteiger partial charge in [-0.2, -0.15) is 5.10 Å². The number of hydrogen-bond donors (Lipinski definition) is 0. The summed E-state index contributed by atoms with van der Waals surface area (Å²) in [6, 6.07) is 12.9. The summed E-state index contributed by atoms with van der Waals surface area (Å²) in [6.45, 7) is 12.5. The number of aryl methyl sites for hydroxylation is 1. The Morgan fingerprint density at radius 2 is 1.95 bits per heavy atom. The second-order valence-electron chi connectivity index (χ2n) is 10.6. The molecule has 38 heavy (non-hydrogen) atoms. The van der Waals surface area contributed by atoms with Gasteiger partial charge in [0.15, 0.2) is 0 Å². The number of esters is 1. The van der Waals surface area contributed by atoms with E-state index in [1.807, 2.05) is 19.1 Å². The lowest BCUT2D eigenvalue weighted by Crippen LogP contribution is -2.38. The highest BCUT2D eigenvalue weighted by molar-refractivity contribution is 5.83. The molecule has 0 radical (unpaired) electrons. The molecule has 0 saturated carbocycles. The van der Waals surface area contributed by atoms with Crippen molar-refractivity contribution in [3.63, 3.8) is 0 Å². The van der Waals surface area contributed by atoms with E-state index in [1.54, 1.807) is 0 Å². The molecule has 0 aliphatic carbocycles. The lowest BCUT2D eigenvalue weighted by molar-refractivity contribution is -0.149. The van der Waals surface area contributed by atoms with Crippen molar-refractivity contribution < 1.29 is 19.0 Å². The molecule has 0 spiro atoms. The van der Waals surface area contributed by atoms with Gasteiger partial charge in [-0.15, -0.1) is 0 Å². The summed E-state index contributed by atoms with van der Waals surface area (Å²) in [6.07, 6.45) is 4.85. The smallest absolute Gasteiger partial charge is 0.309 e. The number of likely N-dealkylation sites (tertiary alicyclic amines) is 1. The summed E-state index contributed by atoms with van der Waals surface area (Å²) < 4.78 is 19.6. The number of hydrogen-bond acceptors (Lipinski definition) is 6. The first-order valence-corrected chi connectivity index (χ1v) is 13.9. The molecule has 2 aliphatic rings. The Kier molecular flexibility index (Phi) is 8.03. The van der Waals surface area contributed by atoms with Gasteiger partial charge in [-0.3, -0.25) is 14.4 Å². The molecule has 0 N–H and O–H groups in total. The van der Waals surface area contributed by atoms with E-state index in [2.05, 4.69) is 60.7 Å². The third-order valence-corrected chi connectivity index (χ3v) is 7.47. The zero-order valence-electron chi connectivity index (χ0n) is 23.0. The van der Waals surface area contributed by atoms with Gasteiger partial charge in [0.25, 0.3) is 0 Å². The van der Waals surface area contributed by atoms with Gasteiger partial charge in [-0.05, 0) is 94.6 Å². The van der Waals surface area contributed by atoms with Crippen LogP contribution in [-0.4, -0.2) is 53.5 Å². The maximum atomic E-state index is 12.0. The number of carbonyl (C=O) groups is 1. The Morgan fingerprint density at radius 1 is 1.13 bits per heavy atom. The van der Waals surface area contributed by atoms with E-state index in [0.717, 1.165) is 67.2 Å². The molecule has 202 valence electrons. The van der Waals surface area contributed by atoms with Crippen molar-refractivity contribution in [2.24, 2.45) is 5.92 Å². The Balaban J connectivity index is 1.19. The molecule has 1 fully saturated rings. The molecular weight excluding hydrogens is 478 g/mol. The van der Waals surface area contributed by atoms with Crippen molar-refractivity contribution in [2.45, 2.75) is 59.6 Å². The summed E-state index contributed by atoms with van der Waals surface area (Å²) >= 11 is 0. The fourth-order valence-electron chi connectivity index (χ4n) is 5.41. The van der Waals surface area contributed by atoms with Crippen LogP contribution in [0.3, 0.4) is 0 Å². The summed E-state index contributed by atoms with van der Waals surface area (Å²) in [5, 5.41) is 6.01. The third-order valence-electron chi connectivity index (χ3n) is 7.47. The SMILES string of the molecule is CCOC(=O)C1CCN(CC2=Cc3ccc(OCc4ccc5c(c4)c(CC)nn5C(C)C)cc3OC2)CC1. The van der Waals surface area contributed by atoms with Crippen LogP contribution in [0.2, 0.25) is 0 Å². The number of fused-ring (bicyclic) bond motifs is 2. The normalized spacial score (nSPS) is 16.3. The molecule has 2 aliphatic heterocycles. The lowest BCUT2D eigenvalue weighted by Gasteiger charge is -2.32. The second-order valence-corrected chi connectivity index (χ2v) is 10.6.